The van der Waals surface area contributed by atoms with Crippen LogP contribution in [0.2, 0.25) is 0 Å². The summed E-state index contributed by atoms with van der Waals surface area (Å²) in [5, 5.41) is 3.21. The van der Waals surface area contributed by atoms with Gasteiger partial charge in [0.1, 0.15) is 6.04 Å². The maximum Gasteiger partial charge on any atom is 0.252 e. The molecule has 0 aliphatic carbocycles. The largest absolute Gasteiger partial charge is 0.373 e. The van der Waals surface area contributed by atoms with E-state index in [0.29, 0.717) is 6.54 Å². The lowest BCUT2D eigenvalue weighted by Gasteiger charge is -2.17. The van der Waals surface area contributed by atoms with Gasteiger partial charge >= 0.3 is 0 Å². The fraction of sp³-hybridized carbons (Fsp3) is 0.467. The number of benzene rings is 1. The molecule has 2 rings (SSSR count). The fourth-order valence-electron chi connectivity index (χ4n) is 2.35. The molecule has 1 aliphatic heterocycles. The summed E-state index contributed by atoms with van der Waals surface area (Å²) < 4.78 is 0. The zero-order valence-electron chi connectivity index (χ0n) is 11.7. The summed E-state index contributed by atoms with van der Waals surface area (Å²) in [6.45, 7) is 6.53. The van der Waals surface area contributed by atoms with E-state index >= 15 is 0 Å². The Morgan fingerprint density at radius 1 is 1.32 bits per heavy atom. The number of hydrogen-bond acceptors (Lipinski definition) is 3. The minimum atomic E-state index is -0.417. The Labute approximate surface area is 113 Å². The van der Waals surface area contributed by atoms with E-state index in [1.807, 2.05) is 39.0 Å². The van der Waals surface area contributed by atoms with Gasteiger partial charge in [0, 0.05) is 12.2 Å². The van der Waals surface area contributed by atoms with Gasteiger partial charge in [-0.15, -0.1) is 0 Å². The van der Waals surface area contributed by atoms with Crippen molar-refractivity contribution in [2.45, 2.75) is 39.7 Å². The van der Waals surface area contributed by atoms with Crippen LogP contribution >= 0.6 is 0 Å². The van der Waals surface area contributed by atoms with Crippen molar-refractivity contribution in [1.29, 1.82) is 0 Å². The van der Waals surface area contributed by atoms with Gasteiger partial charge < -0.3 is 5.32 Å². The van der Waals surface area contributed by atoms with Gasteiger partial charge in [-0.25, -0.2) is 0 Å². The highest BCUT2D eigenvalue weighted by Crippen LogP contribution is 2.23. The summed E-state index contributed by atoms with van der Waals surface area (Å²) >= 11 is 0. The second-order valence-electron chi connectivity index (χ2n) is 5.03. The van der Waals surface area contributed by atoms with E-state index in [4.69, 9.17) is 0 Å². The third-order valence-corrected chi connectivity index (χ3v) is 3.63. The standard InChI is InChI=1S/C15H20N2O2/c1-4-8-17-14(18)9-13(15(17)19)16-12-7-5-6-10(2)11(12)3/h5-7,13,16H,4,8-9H2,1-3H3. The SMILES string of the molecule is CCCN1C(=O)CC(Nc2cccc(C)c2C)C1=O. The molecule has 1 N–H and O–H groups in total. The van der Waals surface area contributed by atoms with Gasteiger partial charge in [0.05, 0.1) is 6.42 Å². The highest BCUT2D eigenvalue weighted by atomic mass is 16.2. The Morgan fingerprint density at radius 2 is 2.05 bits per heavy atom. The van der Waals surface area contributed by atoms with Crippen molar-refractivity contribution in [2.75, 3.05) is 11.9 Å². The number of likely N-dealkylation sites (tertiary alicyclic amines) is 1. The number of rotatable bonds is 4. The fourth-order valence-corrected chi connectivity index (χ4v) is 2.35. The number of carbonyl (C=O) groups is 2. The average Bonchev–Trinajstić information content (AvgIpc) is 2.63. The lowest BCUT2D eigenvalue weighted by atomic mass is 10.1. The van der Waals surface area contributed by atoms with E-state index in [-0.39, 0.29) is 18.2 Å². The zero-order valence-corrected chi connectivity index (χ0v) is 11.7. The smallest absolute Gasteiger partial charge is 0.252 e. The lowest BCUT2D eigenvalue weighted by Crippen LogP contribution is -2.35. The number of nitrogens with zero attached hydrogens (tertiary/aromatic N) is 1. The minimum absolute atomic E-state index is 0.0744. The molecule has 0 saturated carbocycles. The first kappa shape index (κ1) is 13.6. The van der Waals surface area contributed by atoms with Gasteiger partial charge in [-0.1, -0.05) is 19.1 Å². The van der Waals surface area contributed by atoms with Crippen LogP contribution in [0.1, 0.15) is 30.9 Å². The van der Waals surface area contributed by atoms with Gasteiger partial charge in [0.25, 0.3) is 5.91 Å². The molecule has 1 aliphatic rings. The summed E-state index contributed by atoms with van der Waals surface area (Å²) in [4.78, 5) is 25.3. The molecule has 0 radical (unpaired) electrons. The lowest BCUT2D eigenvalue weighted by molar-refractivity contribution is -0.138. The van der Waals surface area contributed by atoms with Crippen molar-refractivity contribution in [2.24, 2.45) is 0 Å². The molecule has 1 unspecified atom stereocenters. The Hall–Kier alpha value is -1.84. The first-order valence-corrected chi connectivity index (χ1v) is 6.71. The summed E-state index contributed by atoms with van der Waals surface area (Å²) in [6.07, 6.45) is 1.06. The topological polar surface area (TPSA) is 49.4 Å². The van der Waals surface area contributed by atoms with Crippen LogP contribution in [0.15, 0.2) is 18.2 Å². The van der Waals surface area contributed by atoms with E-state index in [1.54, 1.807) is 0 Å². The number of aryl methyl sites for hydroxylation is 1. The molecule has 0 aromatic heterocycles. The van der Waals surface area contributed by atoms with Crippen molar-refractivity contribution in [1.82, 2.24) is 4.90 Å². The van der Waals surface area contributed by atoms with Crippen LogP contribution in [0.25, 0.3) is 0 Å². The van der Waals surface area contributed by atoms with Crippen LogP contribution < -0.4 is 5.32 Å². The van der Waals surface area contributed by atoms with Crippen LogP contribution in [-0.2, 0) is 9.59 Å². The number of anilines is 1. The van der Waals surface area contributed by atoms with Crippen LogP contribution in [-0.4, -0.2) is 29.3 Å². The second-order valence-corrected chi connectivity index (χ2v) is 5.03. The molecule has 2 amide bonds. The monoisotopic (exact) mass is 260 g/mol. The van der Waals surface area contributed by atoms with Crippen LogP contribution in [0, 0.1) is 13.8 Å². The van der Waals surface area contributed by atoms with Gasteiger partial charge in [-0.05, 0) is 37.5 Å². The van der Waals surface area contributed by atoms with Crippen molar-refractivity contribution in [3.63, 3.8) is 0 Å². The number of carbonyl (C=O) groups excluding carboxylic acids is 2. The third kappa shape index (κ3) is 2.62. The zero-order chi connectivity index (χ0) is 14.0. The molecule has 1 fully saturated rings. The normalized spacial score (nSPS) is 19.1. The Bertz CT molecular complexity index is 511. The minimum Gasteiger partial charge on any atom is -0.373 e. The molecule has 1 saturated heterocycles. The predicted molar refractivity (Wildman–Crippen MR) is 75.0 cm³/mol. The molecule has 1 aromatic carbocycles. The third-order valence-electron chi connectivity index (χ3n) is 3.63. The Kier molecular flexibility index (Phi) is 3.88. The summed E-state index contributed by atoms with van der Waals surface area (Å²) in [5.74, 6) is -0.178. The van der Waals surface area contributed by atoms with E-state index in [1.165, 1.54) is 10.5 Å². The predicted octanol–water partition coefficient (Wildman–Crippen LogP) is 2.25. The molecule has 4 nitrogen and oxygen atoms in total. The first-order chi connectivity index (χ1) is 9.04. The highest BCUT2D eigenvalue weighted by molar-refractivity contribution is 6.06. The number of nitrogens with one attached hydrogen (secondary N) is 1. The molecule has 0 spiro atoms. The first-order valence-electron chi connectivity index (χ1n) is 6.71. The summed E-state index contributed by atoms with van der Waals surface area (Å²) in [5.41, 5.74) is 3.23. The van der Waals surface area contributed by atoms with Gasteiger partial charge in [0.2, 0.25) is 5.91 Å². The molecule has 1 heterocycles. The molecule has 1 atom stereocenters. The molecular weight excluding hydrogens is 240 g/mol. The van der Waals surface area contributed by atoms with Gasteiger partial charge in [-0.3, -0.25) is 14.5 Å². The molecule has 102 valence electrons. The Morgan fingerprint density at radius 3 is 2.74 bits per heavy atom. The average molecular weight is 260 g/mol. The summed E-state index contributed by atoms with van der Waals surface area (Å²) in [7, 11) is 0. The highest BCUT2D eigenvalue weighted by Gasteiger charge is 2.37. The molecule has 1 aromatic rings. The molecular formula is C15H20N2O2. The molecule has 0 bridgehead atoms. The van der Waals surface area contributed by atoms with E-state index in [2.05, 4.69) is 5.32 Å². The Balaban J connectivity index is 2.14. The maximum absolute atomic E-state index is 12.1. The van der Waals surface area contributed by atoms with Crippen molar-refractivity contribution in [3.8, 4) is 0 Å². The van der Waals surface area contributed by atoms with Gasteiger partial charge in [-0.2, -0.15) is 0 Å². The number of amides is 2. The van der Waals surface area contributed by atoms with Gasteiger partial charge in [0.15, 0.2) is 0 Å². The number of imide groups is 1. The second kappa shape index (κ2) is 5.43. The summed E-state index contributed by atoms with van der Waals surface area (Å²) in [6, 6.07) is 5.52. The van der Waals surface area contributed by atoms with Crippen LogP contribution in [0.3, 0.4) is 0 Å². The molecule has 19 heavy (non-hydrogen) atoms. The van der Waals surface area contributed by atoms with E-state index < -0.39 is 6.04 Å². The number of hydrogen-bond donors (Lipinski definition) is 1. The van der Waals surface area contributed by atoms with E-state index in [9.17, 15) is 9.59 Å². The van der Waals surface area contributed by atoms with Crippen molar-refractivity contribution < 1.29 is 9.59 Å². The quantitative estimate of drug-likeness (QED) is 0.845. The van der Waals surface area contributed by atoms with Crippen LogP contribution in [0.4, 0.5) is 5.69 Å². The van der Waals surface area contributed by atoms with Crippen molar-refractivity contribution >= 4 is 17.5 Å². The maximum atomic E-state index is 12.1. The van der Waals surface area contributed by atoms with E-state index in [0.717, 1.165) is 17.7 Å². The van der Waals surface area contributed by atoms with Crippen molar-refractivity contribution in [3.05, 3.63) is 29.3 Å². The molecule has 4 heteroatoms. The van der Waals surface area contributed by atoms with Crippen LogP contribution in [0.5, 0.6) is 0 Å².